The minimum atomic E-state index is -0.592. The minimum Gasteiger partial charge on any atom is -0.494 e. The van der Waals surface area contributed by atoms with E-state index in [2.05, 4.69) is 15.3 Å². The molecule has 0 bridgehead atoms. The van der Waals surface area contributed by atoms with E-state index in [1.165, 1.54) is 0 Å². The average Bonchev–Trinajstić information content (AvgIpc) is 3.49. The van der Waals surface area contributed by atoms with Crippen LogP contribution in [0, 0.1) is 0 Å². The third-order valence-electron chi connectivity index (χ3n) is 6.23. The van der Waals surface area contributed by atoms with Gasteiger partial charge in [-0.15, -0.1) is 0 Å². The molecule has 0 unspecified atom stereocenters. The number of fused-ring (bicyclic) bond motifs is 1. The van der Waals surface area contributed by atoms with Gasteiger partial charge in [0, 0.05) is 28.8 Å². The summed E-state index contributed by atoms with van der Waals surface area (Å²) in [4.78, 5) is 37.2. The zero-order valence-corrected chi connectivity index (χ0v) is 22.8. The van der Waals surface area contributed by atoms with Crippen molar-refractivity contribution in [1.29, 1.82) is 0 Å². The zero-order valence-electron chi connectivity index (χ0n) is 22.8. The summed E-state index contributed by atoms with van der Waals surface area (Å²) < 4.78 is 5.46. The fourth-order valence-corrected chi connectivity index (χ4v) is 4.39. The second-order valence-corrected chi connectivity index (χ2v) is 10.5. The van der Waals surface area contributed by atoms with Gasteiger partial charge in [0.1, 0.15) is 11.3 Å². The predicted octanol–water partition coefficient (Wildman–Crippen LogP) is 6.68. The van der Waals surface area contributed by atoms with Crippen LogP contribution in [-0.4, -0.2) is 39.0 Å². The first-order chi connectivity index (χ1) is 19.1. The number of nitrogens with zero attached hydrogens (tertiary/aromatic N) is 2. The molecular weight excluding hydrogens is 504 g/mol. The lowest BCUT2D eigenvalue weighted by Crippen LogP contribution is -2.23. The van der Waals surface area contributed by atoms with E-state index in [0.29, 0.717) is 45.9 Å². The van der Waals surface area contributed by atoms with Gasteiger partial charge in [0.05, 0.1) is 28.0 Å². The van der Waals surface area contributed by atoms with E-state index >= 15 is 0 Å². The number of aromatic amines is 1. The van der Waals surface area contributed by atoms with E-state index < -0.39 is 11.6 Å². The van der Waals surface area contributed by atoms with Crippen molar-refractivity contribution in [3.63, 3.8) is 0 Å². The predicted molar refractivity (Wildman–Crippen MR) is 158 cm³/mol. The molecule has 1 amide bonds. The molecule has 40 heavy (non-hydrogen) atoms. The number of aromatic nitrogens is 1. The van der Waals surface area contributed by atoms with Crippen molar-refractivity contribution in [2.24, 2.45) is 9.98 Å². The molecule has 5 rings (SSSR count). The van der Waals surface area contributed by atoms with Crippen molar-refractivity contribution >= 4 is 45.6 Å². The molecule has 1 aliphatic heterocycles. The molecule has 0 spiro atoms. The first kappa shape index (κ1) is 26.6. The number of carbonyl (C=O) groups is 2. The number of ether oxygens (including phenoxy) is 1. The van der Waals surface area contributed by atoms with E-state index in [9.17, 15) is 14.7 Å². The summed E-state index contributed by atoms with van der Waals surface area (Å²) in [5.41, 5.74) is 4.81. The second-order valence-electron chi connectivity index (χ2n) is 10.5. The van der Waals surface area contributed by atoms with Crippen molar-refractivity contribution in [3.05, 3.63) is 101 Å². The number of nitrogens with one attached hydrogen (secondary N) is 2. The van der Waals surface area contributed by atoms with Crippen molar-refractivity contribution in [1.82, 2.24) is 4.98 Å². The highest BCUT2D eigenvalue weighted by molar-refractivity contribution is 6.44. The molecule has 1 aliphatic rings. The van der Waals surface area contributed by atoms with Gasteiger partial charge < -0.3 is 20.1 Å². The standard InChI is InChI=1S/C32H30N4O4/c1-19-10-17-25(33-19)29(37)35-23-15-16-24-26(18-23)36-30(38)27(24)28(20-8-6-5-7-9-20)34-22-13-11-21(12-14-22)31(39)40-32(2,3)4/h5-16,18,36,38H,17H2,1-4H3,(H,35,37). The maximum absolute atomic E-state index is 12.6. The summed E-state index contributed by atoms with van der Waals surface area (Å²) in [6.45, 7) is 7.33. The maximum atomic E-state index is 12.6. The lowest BCUT2D eigenvalue weighted by molar-refractivity contribution is -0.110. The Balaban J connectivity index is 1.50. The lowest BCUT2D eigenvalue weighted by atomic mass is 10.0. The first-order valence-corrected chi connectivity index (χ1v) is 13.0. The van der Waals surface area contributed by atoms with Gasteiger partial charge in [-0.2, -0.15) is 0 Å². The molecule has 3 N–H and O–H groups in total. The van der Waals surface area contributed by atoms with Crippen LogP contribution in [0.25, 0.3) is 10.9 Å². The molecule has 0 radical (unpaired) electrons. The second kappa shape index (κ2) is 10.6. The fourth-order valence-electron chi connectivity index (χ4n) is 4.39. The number of H-pyrrole nitrogens is 1. The summed E-state index contributed by atoms with van der Waals surface area (Å²) in [6.07, 6.45) is 2.41. The van der Waals surface area contributed by atoms with Crippen LogP contribution in [0.15, 0.2) is 94.6 Å². The highest BCUT2D eigenvalue weighted by atomic mass is 16.6. The summed E-state index contributed by atoms with van der Waals surface area (Å²) in [7, 11) is 0. The van der Waals surface area contributed by atoms with Gasteiger partial charge in [0.25, 0.3) is 5.91 Å². The van der Waals surface area contributed by atoms with Crippen LogP contribution in [0.1, 0.15) is 55.6 Å². The molecule has 0 aliphatic carbocycles. The monoisotopic (exact) mass is 534 g/mol. The van der Waals surface area contributed by atoms with Crippen LogP contribution in [-0.2, 0) is 9.53 Å². The van der Waals surface area contributed by atoms with Gasteiger partial charge in [-0.05, 0) is 70.2 Å². The SMILES string of the molecule is CC1=CCC(C(=O)Nc2ccc3c(C(=Nc4ccc(C(=O)OC(C)(C)C)cc4)c4ccccc4)c(O)[nH]c3c2)=N1. The van der Waals surface area contributed by atoms with Gasteiger partial charge in [0.15, 0.2) is 5.88 Å². The van der Waals surface area contributed by atoms with Crippen molar-refractivity contribution in [3.8, 4) is 5.88 Å². The number of esters is 1. The lowest BCUT2D eigenvalue weighted by Gasteiger charge is -2.19. The first-order valence-electron chi connectivity index (χ1n) is 13.0. The number of allylic oxidation sites excluding steroid dienone is 2. The number of rotatable bonds is 6. The van der Waals surface area contributed by atoms with Crippen molar-refractivity contribution in [2.75, 3.05) is 5.32 Å². The molecule has 8 heteroatoms. The Hall–Kier alpha value is -4.98. The van der Waals surface area contributed by atoms with E-state index in [0.717, 1.165) is 16.6 Å². The number of carbonyl (C=O) groups excluding carboxylic acids is 2. The summed E-state index contributed by atoms with van der Waals surface area (Å²) in [6, 6.07) is 21.8. The summed E-state index contributed by atoms with van der Waals surface area (Å²) in [5.74, 6) is -0.717. The zero-order chi connectivity index (χ0) is 28.4. The van der Waals surface area contributed by atoms with E-state index in [1.54, 1.807) is 36.4 Å². The Bertz CT molecular complexity index is 1690. The van der Waals surface area contributed by atoms with E-state index in [1.807, 2.05) is 70.2 Å². The normalized spacial score (nSPS) is 13.7. The smallest absolute Gasteiger partial charge is 0.338 e. The molecule has 0 atom stereocenters. The number of hydrogen-bond donors (Lipinski definition) is 3. The Morgan fingerprint density at radius 2 is 1.73 bits per heavy atom. The van der Waals surface area contributed by atoms with Crippen LogP contribution in [0.4, 0.5) is 11.4 Å². The number of aliphatic imine (C=N–C) groups is 2. The Labute approximate surface area is 232 Å². The van der Waals surface area contributed by atoms with Crippen LogP contribution in [0.5, 0.6) is 5.88 Å². The molecule has 202 valence electrons. The molecule has 0 saturated carbocycles. The number of hydrogen-bond acceptors (Lipinski definition) is 6. The molecule has 2 heterocycles. The minimum absolute atomic E-state index is 0.0496. The largest absolute Gasteiger partial charge is 0.494 e. The van der Waals surface area contributed by atoms with Crippen molar-refractivity contribution in [2.45, 2.75) is 39.7 Å². The topological polar surface area (TPSA) is 116 Å². The molecule has 8 nitrogen and oxygen atoms in total. The molecule has 0 fully saturated rings. The quantitative estimate of drug-likeness (QED) is 0.189. The van der Waals surface area contributed by atoms with E-state index in [-0.39, 0.29) is 11.8 Å². The molecule has 3 aromatic carbocycles. The van der Waals surface area contributed by atoms with Gasteiger partial charge in [-0.25, -0.2) is 9.79 Å². The number of benzene rings is 3. The van der Waals surface area contributed by atoms with Gasteiger partial charge in [-0.1, -0.05) is 36.4 Å². The highest BCUT2D eigenvalue weighted by Gasteiger charge is 2.21. The maximum Gasteiger partial charge on any atom is 0.338 e. The van der Waals surface area contributed by atoms with Gasteiger partial charge in [-0.3, -0.25) is 9.79 Å². The third-order valence-corrected chi connectivity index (χ3v) is 6.23. The molecule has 0 saturated heterocycles. The summed E-state index contributed by atoms with van der Waals surface area (Å²) in [5, 5.41) is 14.6. The van der Waals surface area contributed by atoms with Gasteiger partial charge >= 0.3 is 5.97 Å². The van der Waals surface area contributed by atoms with Crippen LogP contribution in [0.3, 0.4) is 0 Å². The fraction of sp³-hybridized carbons (Fsp3) is 0.188. The van der Waals surface area contributed by atoms with Gasteiger partial charge in [0.2, 0.25) is 0 Å². The van der Waals surface area contributed by atoms with Crippen LogP contribution in [0.2, 0.25) is 0 Å². The Kier molecular flexibility index (Phi) is 7.09. The molecular formula is C32H30N4O4. The highest BCUT2D eigenvalue weighted by Crippen LogP contribution is 2.33. The van der Waals surface area contributed by atoms with Crippen LogP contribution < -0.4 is 5.32 Å². The molecule has 4 aromatic rings. The Morgan fingerprint density at radius 1 is 1.00 bits per heavy atom. The average molecular weight is 535 g/mol. The molecule has 1 aromatic heterocycles. The number of aromatic hydroxyl groups is 1. The number of anilines is 1. The van der Waals surface area contributed by atoms with Crippen molar-refractivity contribution < 1.29 is 19.4 Å². The van der Waals surface area contributed by atoms with E-state index in [4.69, 9.17) is 9.73 Å². The van der Waals surface area contributed by atoms with Crippen LogP contribution >= 0.6 is 0 Å². The Morgan fingerprint density at radius 3 is 2.38 bits per heavy atom. The summed E-state index contributed by atoms with van der Waals surface area (Å²) >= 11 is 0. The third kappa shape index (κ3) is 5.86. The number of amides is 1.